The quantitative estimate of drug-likeness (QED) is 0.880. The van der Waals surface area contributed by atoms with Gasteiger partial charge in [0.1, 0.15) is 11.6 Å². The van der Waals surface area contributed by atoms with Gasteiger partial charge in [-0.1, -0.05) is 6.07 Å². The molecule has 1 aliphatic heterocycles. The number of rotatable bonds is 5. The maximum Gasteiger partial charge on any atom is 0.253 e. The Hall–Kier alpha value is -2.89. The van der Waals surface area contributed by atoms with Crippen molar-refractivity contribution < 1.29 is 14.3 Å². The summed E-state index contributed by atoms with van der Waals surface area (Å²) in [7, 11) is 0. The number of carbonyl (C=O) groups excluding carboxylic acids is 2. The highest BCUT2D eigenvalue weighted by molar-refractivity contribution is 5.96. The van der Waals surface area contributed by atoms with E-state index in [0.29, 0.717) is 31.1 Å². The molecule has 1 aromatic heterocycles. The van der Waals surface area contributed by atoms with Gasteiger partial charge < -0.3 is 15.0 Å². The third-order valence-corrected chi connectivity index (χ3v) is 4.65. The van der Waals surface area contributed by atoms with Crippen LogP contribution in [0.3, 0.4) is 0 Å². The summed E-state index contributed by atoms with van der Waals surface area (Å²) in [5.41, 5.74) is 1.65. The Morgan fingerprint density at radius 3 is 2.67 bits per heavy atom. The maximum atomic E-state index is 12.8. The smallest absolute Gasteiger partial charge is 0.253 e. The first kappa shape index (κ1) is 18.9. The molecule has 0 bridgehead atoms. The van der Waals surface area contributed by atoms with Crippen LogP contribution in [0.4, 0.5) is 5.82 Å². The molecule has 0 saturated carbocycles. The fourth-order valence-corrected chi connectivity index (χ4v) is 3.19. The molecular formula is C21H25N3O3. The fourth-order valence-electron chi connectivity index (χ4n) is 3.19. The van der Waals surface area contributed by atoms with E-state index in [0.717, 1.165) is 24.2 Å². The number of benzene rings is 1. The number of anilines is 1. The Morgan fingerprint density at radius 1 is 1.22 bits per heavy atom. The summed E-state index contributed by atoms with van der Waals surface area (Å²) >= 11 is 0. The largest absolute Gasteiger partial charge is 0.494 e. The van der Waals surface area contributed by atoms with E-state index in [-0.39, 0.29) is 17.7 Å². The molecule has 2 amide bonds. The van der Waals surface area contributed by atoms with E-state index in [1.807, 2.05) is 19.9 Å². The zero-order valence-corrected chi connectivity index (χ0v) is 15.8. The van der Waals surface area contributed by atoms with Crippen LogP contribution in [0.15, 0.2) is 42.6 Å². The second kappa shape index (κ2) is 8.66. The summed E-state index contributed by atoms with van der Waals surface area (Å²) in [6.07, 6.45) is 3.30. The van der Waals surface area contributed by atoms with Gasteiger partial charge in [0.05, 0.1) is 12.5 Å². The van der Waals surface area contributed by atoms with Crippen LogP contribution >= 0.6 is 0 Å². The third kappa shape index (κ3) is 4.84. The maximum absolute atomic E-state index is 12.8. The average molecular weight is 367 g/mol. The van der Waals surface area contributed by atoms with Gasteiger partial charge in [-0.25, -0.2) is 4.98 Å². The Bertz CT molecular complexity index is 787. The molecule has 2 heterocycles. The van der Waals surface area contributed by atoms with E-state index in [1.165, 1.54) is 0 Å². The second-order valence-corrected chi connectivity index (χ2v) is 6.76. The van der Waals surface area contributed by atoms with Gasteiger partial charge in [0.15, 0.2) is 0 Å². The lowest BCUT2D eigenvalue weighted by molar-refractivity contribution is -0.121. The minimum atomic E-state index is -0.228. The summed E-state index contributed by atoms with van der Waals surface area (Å²) in [5.74, 6) is 0.921. The van der Waals surface area contributed by atoms with Crippen LogP contribution < -0.4 is 10.1 Å². The topological polar surface area (TPSA) is 71.5 Å². The van der Waals surface area contributed by atoms with E-state index in [4.69, 9.17) is 4.74 Å². The Balaban J connectivity index is 1.61. The Morgan fingerprint density at radius 2 is 2.00 bits per heavy atom. The van der Waals surface area contributed by atoms with Crippen molar-refractivity contribution in [3.8, 4) is 5.75 Å². The summed E-state index contributed by atoms with van der Waals surface area (Å²) in [6, 6.07) is 10.8. The van der Waals surface area contributed by atoms with Crippen molar-refractivity contribution in [2.75, 3.05) is 25.0 Å². The molecule has 1 saturated heterocycles. The number of nitrogens with one attached hydrogen (secondary N) is 1. The molecule has 1 fully saturated rings. The van der Waals surface area contributed by atoms with Crippen LogP contribution in [0.2, 0.25) is 0 Å². The zero-order valence-electron chi connectivity index (χ0n) is 15.8. The molecule has 2 aromatic rings. The lowest BCUT2D eigenvalue weighted by atomic mass is 9.96. The van der Waals surface area contributed by atoms with Gasteiger partial charge in [0, 0.05) is 24.8 Å². The molecule has 1 aromatic carbocycles. The number of pyridine rings is 1. The van der Waals surface area contributed by atoms with Crippen molar-refractivity contribution in [3.05, 3.63) is 53.7 Å². The number of hydrogen-bond donors (Lipinski definition) is 1. The number of hydrogen-bond acceptors (Lipinski definition) is 4. The lowest BCUT2D eigenvalue weighted by Crippen LogP contribution is -2.43. The molecule has 142 valence electrons. The molecule has 0 aliphatic carbocycles. The van der Waals surface area contributed by atoms with Gasteiger partial charge in [-0.3, -0.25) is 9.59 Å². The molecule has 6 heteroatoms. The van der Waals surface area contributed by atoms with E-state index < -0.39 is 0 Å². The van der Waals surface area contributed by atoms with E-state index >= 15 is 0 Å². The van der Waals surface area contributed by atoms with Gasteiger partial charge in [-0.05, 0) is 62.6 Å². The first-order chi connectivity index (χ1) is 13.1. The van der Waals surface area contributed by atoms with Crippen molar-refractivity contribution in [1.29, 1.82) is 0 Å². The van der Waals surface area contributed by atoms with Crippen molar-refractivity contribution >= 4 is 17.6 Å². The Kier molecular flexibility index (Phi) is 6.06. The molecule has 1 atom stereocenters. The molecule has 1 N–H and O–H groups in total. The standard InChI is InChI=1S/C21H25N3O3/c1-3-27-18-9-7-16(8-10-18)21(26)24-12-4-5-17(14-24)20(25)23-19-11-6-15(2)13-22-19/h6-11,13,17H,3-5,12,14H2,1-2H3,(H,22,23,25). The van der Waals surface area contributed by atoms with Crippen LogP contribution in [-0.2, 0) is 4.79 Å². The summed E-state index contributed by atoms with van der Waals surface area (Å²) in [6.45, 7) is 5.54. The van der Waals surface area contributed by atoms with E-state index in [2.05, 4.69) is 10.3 Å². The van der Waals surface area contributed by atoms with Crippen molar-refractivity contribution in [2.24, 2.45) is 5.92 Å². The third-order valence-electron chi connectivity index (χ3n) is 4.65. The SMILES string of the molecule is CCOc1ccc(C(=O)N2CCCC(C(=O)Nc3ccc(C)cn3)C2)cc1. The molecule has 6 nitrogen and oxygen atoms in total. The highest BCUT2D eigenvalue weighted by Gasteiger charge is 2.29. The number of aromatic nitrogens is 1. The highest BCUT2D eigenvalue weighted by atomic mass is 16.5. The van der Waals surface area contributed by atoms with Crippen molar-refractivity contribution in [3.63, 3.8) is 0 Å². The van der Waals surface area contributed by atoms with Crippen LogP contribution in [0.5, 0.6) is 5.75 Å². The van der Waals surface area contributed by atoms with Gasteiger partial charge in [0.25, 0.3) is 5.91 Å². The van der Waals surface area contributed by atoms with E-state index in [9.17, 15) is 9.59 Å². The number of amides is 2. The lowest BCUT2D eigenvalue weighted by Gasteiger charge is -2.32. The van der Waals surface area contributed by atoms with Crippen LogP contribution in [0, 0.1) is 12.8 Å². The molecule has 0 radical (unpaired) electrons. The minimum Gasteiger partial charge on any atom is -0.494 e. The number of aryl methyl sites for hydroxylation is 1. The number of ether oxygens (including phenoxy) is 1. The number of nitrogens with zero attached hydrogens (tertiary/aromatic N) is 2. The first-order valence-corrected chi connectivity index (χ1v) is 9.32. The van der Waals surface area contributed by atoms with Crippen LogP contribution in [0.25, 0.3) is 0 Å². The van der Waals surface area contributed by atoms with Gasteiger partial charge in [-0.2, -0.15) is 0 Å². The average Bonchev–Trinajstić information content (AvgIpc) is 2.70. The van der Waals surface area contributed by atoms with Crippen molar-refractivity contribution in [2.45, 2.75) is 26.7 Å². The second-order valence-electron chi connectivity index (χ2n) is 6.76. The van der Waals surface area contributed by atoms with Crippen LogP contribution in [-0.4, -0.2) is 41.4 Å². The molecule has 27 heavy (non-hydrogen) atoms. The molecule has 3 rings (SSSR count). The summed E-state index contributed by atoms with van der Waals surface area (Å²) in [5, 5.41) is 2.86. The predicted octanol–water partition coefficient (Wildman–Crippen LogP) is 3.28. The van der Waals surface area contributed by atoms with Gasteiger partial charge in [-0.15, -0.1) is 0 Å². The van der Waals surface area contributed by atoms with Crippen molar-refractivity contribution in [1.82, 2.24) is 9.88 Å². The summed E-state index contributed by atoms with van der Waals surface area (Å²) < 4.78 is 5.41. The number of carbonyl (C=O) groups is 2. The van der Waals surface area contributed by atoms with Crippen LogP contribution in [0.1, 0.15) is 35.7 Å². The highest BCUT2D eigenvalue weighted by Crippen LogP contribution is 2.21. The summed E-state index contributed by atoms with van der Waals surface area (Å²) in [4.78, 5) is 31.3. The molecule has 0 spiro atoms. The number of likely N-dealkylation sites (tertiary alicyclic amines) is 1. The fraction of sp³-hybridized carbons (Fsp3) is 0.381. The molecule has 1 unspecified atom stereocenters. The van der Waals surface area contributed by atoms with E-state index in [1.54, 1.807) is 41.4 Å². The first-order valence-electron chi connectivity index (χ1n) is 9.32. The zero-order chi connectivity index (χ0) is 19.2. The monoisotopic (exact) mass is 367 g/mol. The predicted molar refractivity (Wildman–Crippen MR) is 104 cm³/mol. The normalized spacial score (nSPS) is 16.7. The van der Waals surface area contributed by atoms with Gasteiger partial charge >= 0.3 is 0 Å². The molecule has 1 aliphatic rings. The van der Waals surface area contributed by atoms with Gasteiger partial charge in [0.2, 0.25) is 5.91 Å². The Labute approximate surface area is 159 Å². The minimum absolute atomic E-state index is 0.0518. The number of piperidine rings is 1. The molecular weight excluding hydrogens is 342 g/mol.